The van der Waals surface area contributed by atoms with Crippen LogP contribution in [0.15, 0.2) is 0 Å². The molecule has 0 radical (unpaired) electrons. The Morgan fingerprint density at radius 3 is 2.42 bits per heavy atom. The number of likely N-dealkylation sites (N-methyl/N-ethyl adjacent to an activating group) is 1. The van der Waals surface area contributed by atoms with Crippen molar-refractivity contribution < 1.29 is 14.0 Å². The summed E-state index contributed by atoms with van der Waals surface area (Å²) in [6.45, 7) is 1.22. The summed E-state index contributed by atoms with van der Waals surface area (Å²) in [5.74, 6) is -0.641. The minimum Gasteiger partial charge on any atom is -0.366 e. The summed E-state index contributed by atoms with van der Waals surface area (Å²) in [5.41, 5.74) is 3.88. The Hall–Kier alpha value is -0.320. The molecule has 0 aliphatic heterocycles. The third-order valence-electron chi connectivity index (χ3n) is 1.25. The normalized spacial score (nSPS) is 14.3. The van der Waals surface area contributed by atoms with Crippen LogP contribution in [0.2, 0.25) is 0 Å². The molecule has 0 heterocycles. The molecule has 0 aliphatic carbocycles. The average Bonchev–Trinajstić information content (AvgIpc) is 1.84. The SMILES string of the molecule is C[N+](C)(C)CCOC(Cl)C(N)=O. The molecule has 0 saturated heterocycles. The highest BCUT2D eigenvalue weighted by Gasteiger charge is 2.13. The van der Waals surface area contributed by atoms with Crippen LogP contribution in [0.5, 0.6) is 0 Å². The van der Waals surface area contributed by atoms with E-state index < -0.39 is 11.5 Å². The number of rotatable bonds is 5. The Labute approximate surface area is 77.8 Å². The maximum atomic E-state index is 10.4. The molecule has 1 atom stereocenters. The first-order chi connectivity index (χ1) is 5.33. The van der Waals surface area contributed by atoms with E-state index in [0.29, 0.717) is 6.61 Å². The maximum absolute atomic E-state index is 10.4. The molecular formula is C7H16ClN2O2+. The third-order valence-corrected chi connectivity index (χ3v) is 1.59. The Morgan fingerprint density at radius 1 is 1.58 bits per heavy atom. The molecule has 2 N–H and O–H groups in total. The lowest BCUT2D eigenvalue weighted by atomic mass is 10.5. The van der Waals surface area contributed by atoms with Crippen molar-refractivity contribution in [3.05, 3.63) is 0 Å². The van der Waals surface area contributed by atoms with Gasteiger partial charge in [0.1, 0.15) is 6.54 Å². The highest BCUT2D eigenvalue weighted by Crippen LogP contribution is 1.98. The van der Waals surface area contributed by atoms with Crippen LogP contribution in [0.4, 0.5) is 0 Å². The van der Waals surface area contributed by atoms with E-state index in [9.17, 15) is 4.79 Å². The van der Waals surface area contributed by atoms with Gasteiger partial charge in [0.15, 0.2) is 0 Å². The Balaban J connectivity index is 3.51. The molecule has 0 rings (SSSR count). The van der Waals surface area contributed by atoms with Crippen molar-refractivity contribution in [2.24, 2.45) is 5.73 Å². The predicted octanol–water partition coefficient (Wildman–Crippen LogP) is -0.241. The van der Waals surface area contributed by atoms with Crippen LogP contribution in [0.25, 0.3) is 0 Å². The van der Waals surface area contributed by atoms with Crippen LogP contribution in [0.3, 0.4) is 0 Å². The Morgan fingerprint density at radius 2 is 2.08 bits per heavy atom. The zero-order chi connectivity index (χ0) is 9.78. The molecule has 0 spiro atoms. The molecule has 0 aromatic rings. The van der Waals surface area contributed by atoms with Gasteiger partial charge in [0, 0.05) is 0 Å². The molecule has 0 aliphatic rings. The molecule has 0 aromatic heterocycles. The van der Waals surface area contributed by atoms with Crippen molar-refractivity contribution >= 4 is 17.5 Å². The monoisotopic (exact) mass is 195 g/mol. The molecule has 0 saturated carbocycles. The fraction of sp³-hybridized carbons (Fsp3) is 0.857. The summed E-state index contributed by atoms with van der Waals surface area (Å²) < 4.78 is 5.72. The minimum atomic E-state index is -1.00. The van der Waals surface area contributed by atoms with Crippen LogP contribution in [-0.4, -0.2) is 50.2 Å². The standard InChI is InChI=1S/C7H15ClN2O2/c1-10(2,3)4-5-12-6(8)7(9)11/h6H,4-5H2,1-3H3,(H-,9,11)/p+1. The average molecular weight is 196 g/mol. The first-order valence-electron chi connectivity index (χ1n) is 3.68. The van der Waals surface area contributed by atoms with Crippen molar-refractivity contribution in [3.63, 3.8) is 0 Å². The number of hydrogen-bond donors (Lipinski definition) is 1. The number of alkyl halides is 1. The van der Waals surface area contributed by atoms with Gasteiger partial charge < -0.3 is 15.0 Å². The molecule has 0 aromatic carbocycles. The number of nitrogens with zero attached hydrogens (tertiary/aromatic N) is 1. The van der Waals surface area contributed by atoms with E-state index >= 15 is 0 Å². The number of quaternary nitrogens is 1. The summed E-state index contributed by atoms with van der Waals surface area (Å²) in [6, 6.07) is 0. The van der Waals surface area contributed by atoms with Gasteiger partial charge in [-0.3, -0.25) is 4.79 Å². The van der Waals surface area contributed by atoms with Gasteiger partial charge in [-0.2, -0.15) is 0 Å². The van der Waals surface area contributed by atoms with Crippen molar-refractivity contribution in [1.82, 2.24) is 0 Å². The fourth-order valence-electron chi connectivity index (χ4n) is 0.512. The molecule has 12 heavy (non-hydrogen) atoms. The molecule has 1 amide bonds. The molecule has 1 unspecified atom stereocenters. The second-order valence-corrected chi connectivity index (χ2v) is 4.00. The molecular weight excluding hydrogens is 180 g/mol. The van der Waals surface area contributed by atoms with Crippen LogP contribution < -0.4 is 5.73 Å². The van der Waals surface area contributed by atoms with Gasteiger partial charge >= 0.3 is 0 Å². The predicted molar refractivity (Wildman–Crippen MR) is 47.7 cm³/mol. The van der Waals surface area contributed by atoms with Crippen molar-refractivity contribution in [3.8, 4) is 0 Å². The summed E-state index contributed by atoms with van der Waals surface area (Å²) in [4.78, 5) is 10.4. The number of amides is 1. The van der Waals surface area contributed by atoms with Gasteiger partial charge in [-0.25, -0.2) is 0 Å². The molecule has 0 bridgehead atoms. The summed E-state index contributed by atoms with van der Waals surface area (Å²) in [7, 11) is 6.07. The van der Waals surface area contributed by atoms with Crippen molar-refractivity contribution in [1.29, 1.82) is 0 Å². The highest BCUT2D eigenvalue weighted by atomic mass is 35.5. The fourth-order valence-corrected chi connectivity index (χ4v) is 0.601. The van der Waals surface area contributed by atoms with Gasteiger partial charge in [-0.05, 0) is 0 Å². The summed E-state index contributed by atoms with van der Waals surface area (Å²) in [5, 5.41) is 0. The lowest BCUT2D eigenvalue weighted by Gasteiger charge is -2.23. The number of carbonyl (C=O) groups is 1. The number of primary amides is 1. The van der Waals surface area contributed by atoms with Gasteiger partial charge in [-0.1, -0.05) is 11.6 Å². The van der Waals surface area contributed by atoms with Crippen LogP contribution in [-0.2, 0) is 9.53 Å². The first-order valence-corrected chi connectivity index (χ1v) is 4.12. The lowest BCUT2D eigenvalue weighted by Crippen LogP contribution is -2.39. The maximum Gasteiger partial charge on any atom is 0.262 e. The largest absolute Gasteiger partial charge is 0.366 e. The summed E-state index contributed by atoms with van der Waals surface area (Å²) in [6.07, 6.45) is 0. The second kappa shape index (κ2) is 4.64. The van der Waals surface area contributed by atoms with E-state index in [-0.39, 0.29) is 0 Å². The second-order valence-electron chi connectivity index (χ2n) is 3.60. The zero-order valence-electron chi connectivity index (χ0n) is 7.71. The van der Waals surface area contributed by atoms with Gasteiger partial charge in [0.25, 0.3) is 5.91 Å². The van der Waals surface area contributed by atoms with E-state index in [1.807, 2.05) is 21.1 Å². The topological polar surface area (TPSA) is 52.3 Å². The number of halogens is 1. The number of carbonyl (C=O) groups excluding carboxylic acids is 1. The van der Waals surface area contributed by atoms with Gasteiger partial charge in [0.05, 0.1) is 27.7 Å². The highest BCUT2D eigenvalue weighted by molar-refractivity contribution is 6.29. The molecule has 4 nitrogen and oxygen atoms in total. The number of ether oxygens (including phenoxy) is 1. The smallest absolute Gasteiger partial charge is 0.262 e. The van der Waals surface area contributed by atoms with E-state index in [2.05, 4.69) is 0 Å². The van der Waals surface area contributed by atoms with Crippen LogP contribution >= 0.6 is 11.6 Å². The van der Waals surface area contributed by atoms with E-state index in [1.54, 1.807) is 0 Å². The molecule has 0 fully saturated rings. The Kier molecular flexibility index (Phi) is 4.52. The summed E-state index contributed by atoms with van der Waals surface area (Å²) >= 11 is 5.44. The van der Waals surface area contributed by atoms with Gasteiger partial charge in [0.2, 0.25) is 5.56 Å². The van der Waals surface area contributed by atoms with Crippen molar-refractivity contribution in [2.75, 3.05) is 34.3 Å². The molecule has 72 valence electrons. The first kappa shape index (κ1) is 11.7. The third kappa shape index (κ3) is 6.39. The lowest BCUT2D eigenvalue weighted by molar-refractivity contribution is -0.870. The number of nitrogens with two attached hydrogens (primary N) is 1. The molecule has 5 heteroatoms. The zero-order valence-corrected chi connectivity index (χ0v) is 8.47. The van der Waals surface area contributed by atoms with E-state index in [1.165, 1.54) is 0 Å². The van der Waals surface area contributed by atoms with E-state index in [4.69, 9.17) is 22.1 Å². The van der Waals surface area contributed by atoms with Crippen LogP contribution in [0.1, 0.15) is 0 Å². The van der Waals surface area contributed by atoms with Gasteiger partial charge in [-0.15, -0.1) is 0 Å². The minimum absolute atomic E-state index is 0.431. The van der Waals surface area contributed by atoms with Crippen molar-refractivity contribution in [2.45, 2.75) is 5.56 Å². The number of hydrogen-bond acceptors (Lipinski definition) is 2. The van der Waals surface area contributed by atoms with E-state index in [0.717, 1.165) is 11.0 Å². The van der Waals surface area contributed by atoms with Crippen LogP contribution in [0, 0.1) is 0 Å². The quantitative estimate of drug-likeness (QED) is 0.486. The Bertz CT molecular complexity index is 156.